The Labute approximate surface area is 152 Å². The van der Waals surface area contributed by atoms with Crippen molar-refractivity contribution >= 4 is 17.4 Å². The van der Waals surface area contributed by atoms with Gasteiger partial charge in [-0.15, -0.1) is 0 Å². The molecule has 0 spiro atoms. The van der Waals surface area contributed by atoms with Crippen LogP contribution in [0.5, 0.6) is 0 Å². The summed E-state index contributed by atoms with van der Waals surface area (Å²) in [4.78, 5) is 24.1. The molecule has 0 saturated carbocycles. The first-order valence-corrected chi connectivity index (χ1v) is 9.09. The molecule has 1 aromatic heterocycles. The predicted octanol–water partition coefficient (Wildman–Crippen LogP) is 4.08. The molecule has 0 saturated heterocycles. The van der Waals surface area contributed by atoms with Gasteiger partial charge in [-0.05, 0) is 36.0 Å². The predicted molar refractivity (Wildman–Crippen MR) is 101 cm³/mol. The molecule has 26 heavy (non-hydrogen) atoms. The van der Waals surface area contributed by atoms with E-state index in [9.17, 15) is 4.79 Å². The monoisotopic (exact) mass is 341 g/mol. The zero-order valence-electron chi connectivity index (χ0n) is 14.4. The Hall–Kier alpha value is -3.01. The van der Waals surface area contributed by atoms with Gasteiger partial charge >= 0.3 is 0 Å². The largest absolute Gasteiger partial charge is 0.310 e. The Bertz CT molecular complexity index is 984. The Morgan fingerprint density at radius 2 is 1.77 bits per heavy atom. The van der Waals surface area contributed by atoms with E-state index in [2.05, 4.69) is 40.2 Å². The molecule has 1 aliphatic heterocycles. The number of hydrogen-bond acceptors (Lipinski definition) is 4. The first kappa shape index (κ1) is 15.3. The molecule has 4 nitrogen and oxygen atoms in total. The standard InChI is InChI=1S/C22H19N3O/c26-21-13-17(15-6-2-1-3-7-15)12-19-18(21)14-23-22(24-19)25-11-10-16-8-4-5-9-20(16)25/h1-9,14,17H,10-13H2/t17-/m0/s1. The summed E-state index contributed by atoms with van der Waals surface area (Å²) in [6.45, 7) is 0.883. The van der Waals surface area contributed by atoms with Crippen molar-refractivity contribution in [1.82, 2.24) is 9.97 Å². The topological polar surface area (TPSA) is 46.1 Å². The third-order valence-corrected chi connectivity index (χ3v) is 5.43. The van der Waals surface area contributed by atoms with Gasteiger partial charge < -0.3 is 4.90 Å². The lowest BCUT2D eigenvalue weighted by molar-refractivity contribution is 0.0962. The van der Waals surface area contributed by atoms with Gasteiger partial charge in [0.15, 0.2) is 5.78 Å². The molecule has 2 aliphatic rings. The van der Waals surface area contributed by atoms with Crippen molar-refractivity contribution < 1.29 is 4.79 Å². The molecule has 5 rings (SSSR count). The van der Waals surface area contributed by atoms with Gasteiger partial charge in [0.25, 0.3) is 0 Å². The Kier molecular flexibility index (Phi) is 3.56. The molecule has 128 valence electrons. The van der Waals surface area contributed by atoms with Gasteiger partial charge in [-0.1, -0.05) is 48.5 Å². The second-order valence-corrected chi connectivity index (χ2v) is 7.00. The van der Waals surface area contributed by atoms with Crippen LogP contribution < -0.4 is 4.90 Å². The number of ketones is 1. The van der Waals surface area contributed by atoms with Crippen LogP contribution >= 0.6 is 0 Å². The summed E-state index contributed by atoms with van der Waals surface area (Å²) in [5.74, 6) is 1.05. The van der Waals surface area contributed by atoms with Crippen LogP contribution in [0.1, 0.15) is 39.5 Å². The maximum absolute atomic E-state index is 12.6. The molecule has 0 bridgehead atoms. The first-order chi connectivity index (χ1) is 12.8. The van der Waals surface area contributed by atoms with Crippen LogP contribution in [0.15, 0.2) is 60.8 Å². The van der Waals surface area contributed by atoms with E-state index >= 15 is 0 Å². The fraction of sp³-hybridized carbons (Fsp3) is 0.227. The lowest BCUT2D eigenvalue weighted by atomic mass is 9.82. The number of aromatic nitrogens is 2. The van der Waals surface area contributed by atoms with Crippen LogP contribution in [0.25, 0.3) is 0 Å². The lowest BCUT2D eigenvalue weighted by Crippen LogP contribution is -2.23. The highest BCUT2D eigenvalue weighted by molar-refractivity contribution is 5.98. The van der Waals surface area contributed by atoms with Crippen molar-refractivity contribution in [2.45, 2.75) is 25.2 Å². The number of para-hydroxylation sites is 1. The minimum Gasteiger partial charge on any atom is -0.310 e. The maximum atomic E-state index is 12.6. The number of fused-ring (bicyclic) bond motifs is 2. The summed E-state index contributed by atoms with van der Waals surface area (Å²) < 4.78 is 0. The van der Waals surface area contributed by atoms with E-state index < -0.39 is 0 Å². The first-order valence-electron chi connectivity index (χ1n) is 9.09. The average Bonchev–Trinajstić information content (AvgIpc) is 3.12. The van der Waals surface area contributed by atoms with E-state index in [1.54, 1.807) is 6.20 Å². The highest BCUT2D eigenvalue weighted by Gasteiger charge is 2.29. The van der Waals surface area contributed by atoms with Crippen LogP contribution in [0.2, 0.25) is 0 Å². The van der Waals surface area contributed by atoms with E-state index in [4.69, 9.17) is 4.98 Å². The third kappa shape index (κ3) is 2.49. The molecule has 0 radical (unpaired) electrons. The summed E-state index contributed by atoms with van der Waals surface area (Å²) in [6.07, 6.45) is 4.05. The smallest absolute Gasteiger partial charge is 0.230 e. The number of hydrogen-bond donors (Lipinski definition) is 0. The van der Waals surface area contributed by atoms with Crippen molar-refractivity contribution in [3.63, 3.8) is 0 Å². The molecule has 0 amide bonds. The number of Topliss-reactive ketones (excluding diaryl/α,β-unsaturated/α-hetero) is 1. The van der Waals surface area contributed by atoms with E-state index in [0.717, 1.165) is 25.1 Å². The van der Waals surface area contributed by atoms with Gasteiger partial charge in [0.1, 0.15) is 0 Å². The molecular formula is C22H19N3O. The molecule has 2 heterocycles. The number of carbonyl (C=O) groups is 1. The van der Waals surface area contributed by atoms with Crippen molar-refractivity contribution in [3.05, 3.63) is 83.2 Å². The zero-order valence-corrected chi connectivity index (χ0v) is 14.4. The molecule has 3 aromatic rings. The van der Waals surface area contributed by atoms with Crippen molar-refractivity contribution in [3.8, 4) is 0 Å². The summed E-state index contributed by atoms with van der Waals surface area (Å²) >= 11 is 0. The van der Waals surface area contributed by atoms with Crippen LogP contribution in [-0.2, 0) is 12.8 Å². The second kappa shape index (κ2) is 6.06. The summed E-state index contributed by atoms with van der Waals surface area (Å²) in [7, 11) is 0. The van der Waals surface area contributed by atoms with Crippen molar-refractivity contribution in [2.75, 3.05) is 11.4 Å². The van der Waals surface area contributed by atoms with E-state index in [0.29, 0.717) is 17.9 Å². The molecule has 1 atom stereocenters. The number of rotatable bonds is 2. The van der Waals surface area contributed by atoms with Crippen LogP contribution in [0.4, 0.5) is 11.6 Å². The number of benzene rings is 2. The highest BCUT2D eigenvalue weighted by Crippen LogP contribution is 2.35. The average molecular weight is 341 g/mol. The third-order valence-electron chi connectivity index (χ3n) is 5.43. The van der Waals surface area contributed by atoms with E-state index in [1.165, 1.54) is 16.8 Å². The maximum Gasteiger partial charge on any atom is 0.230 e. The van der Waals surface area contributed by atoms with Gasteiger partial charge in [0.05, 0.1) is 11.3 Å². The van der Waals surface area contributed by atoms with E-state index in [-0.39, 0.29) is 11.7 Å². The summed E-state index contributed by atoms with van der Waals surface area (Å²) in [5, 5.41) is 0. The van der Waals surface area contributed by atoms with Crippen LogP contribution in [-0.4, -0.2) is 22.3 Å². The van der Waals surface area contributed by atoms with Gasteiger partial charge in [0, 0.05) is 24.8 Å². The lowest BCUT2D eigenvalue weighted by Gasteiger charge is -2.25. The Morgan fingerprint density at radius 3 is 2.65 bits per heavy atom. The van der Waals surface area contributed by atoms with Crippen molar-refractivity contribution in [1.29, 1.82) is 0 Å². The number of anilines is 2. The van der Waals surface area contributed by atoms with E-state index in [1.807, 2.05) is 24.3 Å². The molecule has 0 fully saturated rings. The summed E-state index contributed by atoms with van der Waals surface area (Å²) in [6, 6.07) is 18.6. The fourth-order valence-corrected chi connectivity index (χ4v) is 4.07. The molecular weight excluding hydrogens is 322 g/mol. The van der Waals surface area contributed by atoms with Gasteiger partial charge in [0.2, 0.25) is 5.95 Å². The number of carbonyl (C=O) groups excluding carboxylic acids is 1. The Balaban J connectivity index is 1.51. The Morgan fingerprint density at radius 1 is 0.962 bits per heavy atom. The number of nitrogens with zero attached hydrogens (tertiary/aromatic N) is 3. The highest BCUT2D eigenvalue weighted by atomic mass is 16.1. The minimum absolute atomic E-state index is 0.147. The normalized spacial score (nSPS) is 18.5. The molecule has 0 unspecified atom stereocenters. The van der Waals surface area contributed by atoms with Crippen LogP contribution in [0, 0.1) is 0 Å². The molecule has 0 N–H and O–H groups in total. The second-order valence-electron chi connectivity index (χ2n) is 7.00. The SMILES string of the molecule is O=C1C[C@@H](c2ccccc2)Cc2nc(N3CCc4ccccc43)ncc21. The fourth-order valence-electron chi connectivity index (χ4n) is 4.07. The minimum atomic E-state index is 0.147. The quantitative estimate of drug-likeness (QED) is 0.704. The van der Waals surface area contributed by atoms with Crippen molar-refractivity contribution in [2.24, 2.45) is 0 Å². The summed E-state index contributed by atoms with van der Waals surface area (Å²) in [5.41, 5.74) is 5.28. The van der Waals surface area contributed by atoms with Gasteiger partial charge in [-0.25, -0.2) is 9.97 Å². The molecule has 2 aromatic carbocycles. The van der Waals surface area contributed by atoms with Crippen LogP contribution in [0.3, 0.4) is 0 Å². The zero-order chi connectivity index (χ0) is 17.5. The molecule has 1 aliphatic carbocycles. The van der Waals surface area contributed by atoms with Gasteiger partial charge in [-0.3, -0.25) is 4.79 Å². The van der Waals surface area contributed by atoms with Gasteiger partial charge in [-0.2, -0.15) is 0 Å². The molecule has 4 heteroatoms.